The van der Waals surface area contributed by atoms with Gasteiger partial charge >= 0.3 is 6.01 Å². The first-order valence-corrected chi connectivity index (χ1v) is 15.5. The number of benzene rings is 2. The first kappa shape index (κ1) is 30.3. The van der Waals surface area contributed by atoms with Gasteiger partial charge in [0, 0.05) is 54.0 Å². The zero-order valence-corrected chi connectivity index (χ0v) is 25.3. The van der Waals surface area contributed by atoms with Gasteiger partial charge in [0.1, 0.15) is 29.7 Å². The number of carbonyl (C=O) groups excluding carboxylic acids is 1. The number of likely N-dealkylation sites (tertiary alicyclic amines) is 1. The number of amides is 1. The number of alkyl halides is 1. The van der Waals surface area contributed by atoms with Crippen LogP contribution in [0.1, 0.15) is 50.6 Å². The summed E-state index contributed by atoms with van der Waals surface area (Å²) in [5.41, 5.74) is -0.605. The lowest BCUT2D eigenvalue weighted by molar-refractivity contribution is -0.129. The van der Waals surface area contributed by atoms with Crippen LogP contribution in [0.3, 0.4) is 0 Å². The molecule has 12 heteroatoms. The molecule has 46 heavy (non-hydrogen) atoms. The van der Waals surface area contributed by atoms with E-state index in [4.69, 9.17) is 9.72 Å². The summed E-state index contributed by atoms with van der Waals surface area (Å²) in [5, 5.41) is 10.6. The van der Waals surface area contributed by atoms with Gasteiger partial charge in [-0.15, -0.1) is 0 Å². The highest BCUT2D eigenvalue weighted by Crippen LogP contribution is 2.42. The normalized spacial score (nSPS) is 24.9. The number of phenolic OH excluding ortho intramolecular Hbond substituents is 1. The van der Waals surface area contributed by atoms with Crippen molar-refractivity contribution in [3.63, 3.8) is 0 Å². The van der Waals surface area contributed by atoms with E-state index in [-0.39, 0.29) is 63.8 Å². The maximum absolute atomic E-state index is 16.6. The minimum absolute atomic E-state index is 0.0858. The van der Waals surface area contributed by atoms with E-state index in [9.17, 15) is 18.7 Å². The Morgan fingerprint density at radius 3 is 2.80 bits per heavy atom. The van der Waals surface area contributed by atoms with E-state index in [1.165, 1.54) is 24.4 Å². The highest BCUT2D eigenvalue weighted by atomic mass is 19.2. The molecule has 2 aromatic heterocycles. The molecule has 1 amide bonds. The molecule has 4 aromatic rings. The van der Waals surface area contributed by atoms with Crippen LogP contribution in [0.15, 0.2) is 43.1 Å². The van der Waals surface area contributed by atoms with E-state index in [0.29, 0.717) is 43.4 Å². The minimum Gasteiger partial charge on any atom is -0.508 e. The van der Waals surface area contributed by atoms with Gasteiger partial charge in [-0.05, 0) is 68.8 Å². The quantitative estimate of drug-likeness (QED) is 0.199. The van der Waals surface area contributed by atoms with E-state index < -0.39 is 29.2 Å². The molecule has 5 heterocycles. The summed E-state index contributed by atoms with van der Waals surface area (Å²) in [5.74, 6) is -3.90. The van der Waals surface area contributed by atoms with E-state index in [1.807, 2.05) is 6.92 Å². The number of aromatic hydroxyl groups is 1. The van der Waals surface area contributed by atoms with Crippen molar-refractivity contribution in [2.75, 3.05) is 26.2 Å². The Morgan fingerprint density at radius 2 is 2.02 bits per heavy atom. The number of hydrogen-bond acceptors (Lipinski definition) is 7. The standard InChI is InChI=1S/C34H33F4N5O3/c1-3-26(45)43-10-7-20(11-18(43)2)30-24-15-39-31(23-13-22(44)12-19-5-6-25(36)28(37)27(19)23)29(38)32(24)41-33(40-30)46-17-34-8-4-9-42(34)16-21(35)14-34/h3,5-6,12-13,15,18,20-21,44H,1,4,7-11,14,16-17H2,2H3/t18-,20?,21?,34?/m0/s1. The average Bonchev–Trinajstić information content (AvgIpc) is 3.56. The summed E-state index contributed by atoms with van der Waals surface area (Å²) in [4.78, 5) is 29.8. The van der Waals surface area contributed by atoms with Gasteiger partial charge in [0.05, 0.1) is 11.2 Å². The summed E-state index contributed by atoms with van der Waals surface area (Å²) in [7, 11) is 0. The Kier molecular flexibility index (Phi) is 7.57. The van der Waals surface area contributed by atoms with Crippen LogP contribution in [0, 0.1) is 17.5 Å². The highest BCUT2D eigenvalue weighted by Gasteiger charge is 2.49. The number of halogens is 4. The van der Waals surface area contributed by atoms with Crippen LogP contribution in [0.4, 0.5) is 17.6 Å². The SMILES string of the molecule is C=CC(=O)N1CCC(c2nc(OCC34CCCN3CC(F)C4)nc3c(F)c(-c4cc(O)cc5ccc(F)c(F)c45)ncc23)C[C@@H]1C. The number of fused-ring (bicyclic) bond motifs is 3. The molecular weight excluding hydrogens is 602 g/mol. The van der Waals surface area contributed by atoms with Gasteiger partial charge in [-0.25, -0.2) is 17.6 Å². The van der Waals surface area contributed by atoms with E-state index in [2.05, 4.69) is 21.4 Å². The molecule has 1 N–H and O–H groups in total. The topological polar surface area (TPSA) is 91.7 Å². The molecule has 7 rings (SSSR count). The lowest BCUT2D eigenvalue weighted by Gasteiger charge is -2.37. The number of ether oxygens (including phenoxy) is 1. The third-order valence-electron chi connectivity index (χ3n) is 9.89. The van der Waals surface area contributed by atoms with Crippen LogP contribution in [0.25, 0.3) is 32.9 Å². The van der Waals surface area contributed by atoms with Crippen molar-refractivity contribution < 1.29 is 32.2 Å². The molecule has 0 spiro atoms. The third kappa shape index (κ3) is 5.03. The Morgan fingerprint density at radius 1 is 1.20 bits per heavy atom. The first-order chi connectivity index (χ1) is 22.1. The molecule has 0 radical (unpaired) electrons. The zero-order valence-electron chi connectivity index (χ0n) is 25.3. The van der Waals surface area contributed by atoms with Crippen LogP contribution in [-0.4, -0.2) is 79.8 Å². The summed E-state index contributed by atoms with van der Waals surface area (Å²) in [6, 6.07) is 4.38. The smallest absolute Gasteiger partial charge is 0.317 e. The van der Waals surface area contributed by atoms with Gasteiger partial charge in [0.25, 0.3) is 0 Å². The molecule has 3 unspecified atom stereocenters. The predicted octanol–water partition coefficient (Wildman–Crippen LogP) is 6.20. The van der Waals surface area contributed by atoms with Crippen LogP contribution >= 0.6 is 0 Å². The molecule has 240 valence electrons. The van der Waals surface area contributed by atoms with Crippen LogP contribution in [-0.2, 0) is 4.79 Å². The van der Waals surface area contributed by atoms with Gasteiger partial charge in [-0.2, -0.15) is 9.97 Å². The summed E-state index contributed by atoms with van der Waals surface area (Å²) in [6.45, 7) is 7.19. The van der Waals surface area contributed by atoms with Crippen LogP contribution in [0.2, 0.25) is 0 Å². The van der Waals surface area contributed by atoms with Gasteiger partial charge in [0.15, 0.2) is 17.5 Å². The Labute approximate surface area is 262 Å². The fourth-order valence-electron chi connectivity index (χ4n) is 7.70. The number of hydrogen-bond donors (Lipinski definition) is 1. The van der Waals surface area contributed by atoms with E-state index in [1.54, 1.807) is 4.90 Å². The third-order valence-corrected chi connectivity index (χ3v) is 9.89. The van der Waals surface area contributed by atoms with Crippen molar-refractivity contribution in [3.8, 4) is 23.0 Å². The van der Waals surface area contributed by atoms with Gasteiger partial charge < -0.3 is 14.7 Å². The van der Waals surface area contributed by atoms with Gasteiger partial charge in [0.2, 0.25) is 5.91 Å². The first-order valence-electron chi connectivity index (χ1n) is 15.5. The molecule has 0 saturated carbocycles. The molecule has 0 aliphatic carbocycles. The predicted molar refractivity (Wildman–Crippen MR) is 164 cm³/mol. The molecule has 2 aromatic carbocycles. The van der Waals surface area contributed by atoms with Crippen LogP contribution < -0.4 is 4.74 Å². The number of piperidine rings is 1. The van der Waals surface area contributed by atoms with Crippen molar-refractivity contribution in [1.29, 1.82) is 0 Å². The fourth-order valence-corrected chi connectivity index (χ4v) is 7.70. The molecule has 3 aliphatic heterocycles. The highest BCUT2D eigenvalue weighted by molar-refractivity contribution is 5.99. The maximum Gasteiger partial charge on any atom is 0.317 e. The maximum atomic E-state index is 16.6. The van der Waals surface area contributed by atoms with Crippen molar-refractivity contribution in [2.24, 2.45) is 0 Å². The van der Waals surface area contributed by atoms with E-state index >= 15 is 8.78 Å². The Hall–Kier alpha value is -4.32. The lowest BCUT2D eigenvalue weighted by Crippen LogP contribution is -2.44. The molecule has 0 bridgehead atoms. The van der Waals surface area contributed by atoms with Crippen molar-refractivity contribution >= 4 is 27.6 Å². The molecule has 8 nitrogen and oxygen atoms in total. The number of aromatic nitrogens is 3. The zero-order chi connectivity index (χ0) is 32.3. The number of nitrogens with zero attached hydrogens (tertiary/aromatic N) is 5. The summed E-state index contributed by atoms with van der Waals surface area (Å²) >= 11 is 0. The second-order valence-electron chi connectivity index (χ2n) is 12.7. The van der Waals surface area contributed by atoms with E-state index in [0.717, 1.165) is 31.5 Å². The average molecular weight is 636 g/mol. The number of carbonyl (C=O) groups is 1. The second kappa shape index (κ2) is 11.5. The second-order valence-corrected chi connectivity index (χ2v) is 12.7. The molecule has 3 fully saturated rings. The monoisotopic (exact) mass is 635 g/mol. The van der Waals surface area contributed by atoms with Gasteiger partial charge in [-0.1, -0.05) is 12.6 Å². The van der Waals surface area contributed by atoms with Crippen molar-refractivity contribution in [3.05, 3.63) is 66.3 Å². The van der Waals surface area contributed by atoms with Gasteiger partial charge in [-0.3, -0.25) is 14.7 Å². The number of pyridine rings is 1. The Bertz CT molecular complexity index is 1890. The van der Waals surface area contributed by atoms with Crippen LogP contribution in [0.5, 0.6) is 11.8 Å². The summed E-state index contributed by atoms with van der Waals surface area (Å²) in [6.07, 6.45) is 4.77. The summed E-state index contributed by atoms with van der Waals surface area (Å²) < 4.78 is 66.7. The minimum atomic E-state index is -1.20. The van der Waals surface area contributed by atoms with Crippen molar-refractivity contribution in [2.45, 2.75) is 62.7 Å². The molecular formula is C34H33F4N5O3. The van der Waals surface area contributed by atoms with Crippen molar-refractivity contribution in [1.82, 2.24) is 24.8 Å². The fraction of sp³-hybridized carbons (Fsp3) is 0.412. The molecule has 3 aliphatic rings. The number of rotatable bonds is 6. The largest absolute Gasteiger partial charge is 0.508 e. The number of phenols is 1. The molecule has 4 atom stereocenters. The lowest BCUT2D eigenvalue weighted by atomic mass is 9.87. The Balaban J connectivity index is 1.35. The molecule has 3 saturated heterocycles.